The number of nitrogens with two attached hydrogens (primary N) is 1. The zero-order chi connectivity index (χ0) is 8.27. The van der Waals surface area contributed by atoms with Crippen molar-refractivity contribution >= 4 is 17.1 Å². The minimum absolute atomic E-state index is 0.601. The monoisotopic (exact) mass is 147 g/mol. The smallest absolute Gasteiger partial charge is 0.189 e. The maximum atomic E-state index is 6.74. The Morgan fingerprint density at radius 1 is 1.55 bits per heavy atom. The van der Waals surface area contributed by atoms with E-state index in [0.29, 0.717) is 11.4 Å². The molecule has 3 nitrogen and oxygen atoms in total. The van der Waals surface area contributed by atoms with E-state index in [-0.39, 0.29) is 0 Å². The fourth-order valence-corrected chi connectivity index (χ4v) is 0.830. The Morgan fingerprint density at radius 3 is 2.82 bits per heavy atom. The fraction of sp³-hybridized carbons (Fsp3) is 0.125. The van der Waals surface area contributed by atoms with Gasteiger partial charge in [0.05, 0.1) is 12.3 Å². The number of nitrogens with zero attached hydrogens (tertiary/aromatic N) is 1. The molecule has 0 aliphatic rings. The van der Waals surface area contributed by atoms with Crippen LogP contribution in [0.2, 0.25) is 0 Å². The number of nitrogens with one attached hydrogen (secondary N) is 1. The lowest BCUT2D eigenvalue weighted by Gasteiger charge is -2.03. The van der Waals surface area contributed by atoms with Crippen molar-refractivity contribution in [1.29, 1.82) is 0 Å². The quantitative estimate of drug-likeness (QED) is 0.470. The van der Waals surface area contributed by atoms with Crippen LogP contribution >= 0.6 is 0 Å². The van der Waals surface area contributed by atoms with Gasteiger partial charge in [-0.25, -0.2) is 4.85 Å². The van der Waals surface area contributed by atoms with Crippen LogP contribution in [-0.2, 0) is 0 Å². The van der Waals surface area contributed by atoms with Crippen molar-refractivity contribution < 1.29 is 0 Å². The average Bonchev–Trinajstić information content (AvgIpc) is 2.05. The number of hydrogen-bond acceptors (Lipinski definition) is 2. The van der Waals surface area contributed by atoms with E-state index in [1.807, 2.05) is 0 Å². The molecule has 0 fully saturated rings. The third-order valence-corrected chi connectivity index (χ3v) is 1.44. The molecule has 1 rings (SSSR count). The summed E-state index contributed by atoms with van der Waals surface area (Å²) in [7, 11) is 1.78. The van der Waals surface area contributed by atoms with Gasteiger partial charge >= 0.3 is 0 Å². The zero-order valence-electron chi connectivity index (χ0n) is 6.26. The van der Waals surface area contributed by atoms with Gasteiger partial charge in [-0.1, -0.05) is 6.07 Å². The first-order chi connectivity index (χ1) is 5.27. The van der Waals surface area contributed by atoms with Crippen LogP contribution in [-0.4, -0.2) is 7.05 Å². The van der Waals surface area contributed by atoms with E-state index in [9.17, 15) is 0 Å². The minimum atomic E-state index is 0.601. The van der Waals surface area contributed by atoms with Crippen molar-refractivity contribution in [1.82, 2.24) is 0 Å². The van der Waals surface area contributed by atoms with Crippen LogP contribution in [0.4, 0.5) is 17.1 Å². The lowest BCUT2D eigenvalue weighted by atomic mass is 10.2. The average molecular weight is 147 g/mol. The Kier molecular flexibility index (Phi) is 1.98. The molecule has 56 valence electrons. The molecule has 1 aromatic rings. The van der Waals surface area contributed by atoms with Gasteiger partial charge in [-0.15, -0.1) is 0 Å². The van der Waals surface area contributed by atoms with Crippen molar-refractivity contribution in [3.8, 4) is 0 Å². The number of rotatable bonds is 1. The highest BCUT2D eigenvalue weighted by Crippen LogP contribution is 2.23. The molecule has 0 unspecified atom stereocenters. The SMILES string of the molecule is [C-]#[N+]c1ccc(N)c(NC)c1. The first-order valence-corrected chi connectivity index (χ1v) is 3.22. The minimum Gasteiger partial charge on any atom is -0.397 e. The molecule has 3 N–H and O–H groups in total. The number of hydrogen-bond donors (Lipinski definition) is 2. The van der Waals surface area contributed by atoms with E-state index in [1.165, 1.54) is 0 Å². The van der Waals surface area contributed by atoms with Crippen molar-refractivity contribution in [2.45, 2.75) is 0 Å². The molecule has 11 heavy (non-hydrogen) atoms. The molecule has 0 heterocycles. The molecule has 3 heteroatoms. The maximum absolute atomic E-state index is 6.74. The highest BCUT2D eigenvalue weighted by atomic mass is 14.9. The van der Waals surface area contributed by atoms with Crippen molar-refractivity contribution in [2.24, 2.45) is 0 Å². The van der Waals surface area contributed by atoms with Gasteiger partial charge in [-0.05, 0) is 12.1 Å². The molecule has 0 radical (unpaired) electrons. The lowest BCUT2D eigenvalue weighted by Crippen LogP contribution is -1.94. The summed E-state index contributed by atoms with van der Waals surface area (Å²) in [4.78, 5) is 3.27. The van der Waals surface area contributed by atoms with Gasteiger partial charge in [0.25, 0.3) is 0 Å². The van der Waals surface area contributed by atoms with E-state index in [2.05, 4.69) is 10.2 Å². The first kappa shape index (κ1) is 7.42. The normalized spacial score (nSPS) is 8.73. The van der Waals surface area contributed by atoms with E-state index < -0.39 is 0 Å². The van der Waals surface area contributed by atoms with Gasteiger partial charge in [0.2, 0.25) is 0 Å². The van der Waals surface area contributed by atoms with Gasteiger partial charge in [0.15, 0.2) is 5.69 Å². The molecule has 0 aliphatic heterocycles. The summed E-state index contributed by atoms with van der Waals surface area (Å²) in [6.45, 7) is 6.74. The summed E-state index contributed by atoms with van der Waals surface area (Å²) in [5.41, 5.74) is 7.66. The molecular weight excluding hydrogens is 138 g/mol. The molecule has 0 saturated carbocycles. The molecule has 0 amide bonds. The molecule has 0 bridgehead atoms. The summed E-state index contributed by atoms with van der Waals surface area (Å²) in [6.07, 6.45) is 0. The number of anilines is 2. The summed E-state index contributed by atoms with van der Waals surface area (Å²) in [5.74, 6) is 0. The second-order valence-electron chi connectivity index (χ2n) is 2.13. The van der Waals surface area contributed by atoms with Crippen LogP contribution in [0, 0.1) is 6.57 Å². The van der Waals surface area contributed by atoms with Crippen LogP contribution in [0.5, 0.6) is 0 Å². The molecule has 0 spiro atoms. The lowest BCUT2D eigenvalue weighted by molar-refractivity contribution is 1.52. The predicted molar refractivity (Wildman–Crippen MR) is 46.7 cm³/mol. The third-order valence-electron chi connectivity index (χ3n) is 1.44. The van der Waals surface area contributed by atoms with Gasteiger partial charge < -0.3 is 11.1 Å². The second kappa shape index (κ2) is 2.93. The maximum Gasteiger partial charge on any atom is 0.189 e. The van der Waals surface area contributed by atoms with Crippen molar-refractivity contribution in [3.05, 3.63) is 29.6 Å². The van der Waals surface area contributed by atoms with Gasteiger partial charge in [0.1, 0.15) is 0 Å². The van der Waals surface area contributed by atoms with Gasteiger partial charge in [-0.2, -0.15) is 0 Å². The summed E-state index contributed by atoms with van der Waals surface area (Å²) < 4.78 is 0. The number of benzene rings is 1. The van der Waals surface area contributed by atoms with Crippen LogP contribution in [0.3, 0.4) is 0 Å². The van der Waals surface area contributed by atoms with Gasteiger partial charge in [0, 0.05) is 12.7 Å². The standard InChI is InChI=1S/C8H9N3/c1-10-6-3-4-7(9)8(5-6)11-2/h3-5,11H,9H2,2H3. The van der Waals surface area contributed by atoms with Crippen LogP contribution < -0.4 is 11.1 Å². The Morgan fingerprint density at radius 2 is 2.27 bits per heavy atom. The molecule has 1 aromatic carbocycles. The molecule has 0 aliphatic carbocycles. The molecule has 0 saturated heterocycles. The topological polar surface area (TPSA) is 42.4 Å². The number of nitrogen functional groups attached to an aromatic ring is 1. The Bertz CT molecular complexity index is 299. The van der Waals surface area contributed by atoms with Crippen molar-refractivity contribution in [2.75, 3.05) is 18.1 Å². The summed E-state index contributed by atoms with van der Waals surface area (Å²) >= 11 is 0. The fourth-order valence-electron chi connectivity index (χ4n) is 0.830. The third kappa shape index (κ3) is 1.41. The molecular formula is C8H9N3. The first-order valence-electron chi connectivity index (χ1n) is 3.22. The largest absolute Gasteiger partial charge is 0.397 e. The van der Waals surface area contributed by atoms with Crippen LogP contribution in [0.25, 0.3) is 4.85 Å². The highest BCUT2D eigenvalue weighted by Gasteiger charge is 1.96. The van der Waals surface area contributed by atoms with Crippen LogP contribution in [0.15, 0.2) is 18.2 Å². The van der Waals surface area contributed by atoms with E-state index >= 15 is 0 Å². The van der Waals surface area contributed by atoms with E-state index in [1.54, 1.807) is 25.2 Å². The summed E-state index contributed by atoms with van der Waals surface area (Å²) in [6, 6.07) is 5.14. The predicted octanol–water partition coefficient (Wildman–Crippen LogP) is 1.86. The Balaban J connectivity index is 3.15. The van der Waals surface area contributed by atoms with Crippen molar-refractivity contribution in [3.63, 3.8) is 0 Å². The van der Waals surface area contributed by atoms with Crippen LogP contribution in [0.1, 0.15) is 0 Å². The molecule has 0 aromatic heterocycles. The Hall–Kier alpha value is -1.69. The van der Waals surface area contributed by atoms with E-state index in [0.717, 1.165) is 5.69 Å². The van der Waals surface area contributed by atoms with Gasteiger partial charge in [-0.3, -0.25) is 0 Å². The Labute approximate surface area is 65.7 Å². The molecule has 0 atom stereocenters. The highest BCUT2D eigenvalue weighted by molar-refractivity contribution is 5.71. The van der Waals surface area contributed by atoms with E-state index in [4.69, 9.17) is 12.3 Å². The summed E-state index contributed by atoms with van der Waals surface area (Å²) in [5, 5.41) is 2.90. The second-order valence-corrected chi connectivity index (χ2v) is 2.13. The zero-order valence-corrected chi connectivity index (χ0v) is 6.26.